The Kier molecular flexibility index (Phi) is 7.08. The number of rotatable bonds is 11. The Morgan fingerprint density at radius 3 is 2.30 bits per heavy atom. The highest BCUT2D eigenvalue weighted by molar-refractivity contribution is 8.04. The Bertz CT molecular complexity index is 1190. The summed E-state index contributed by atoms with van der Waals surface area (Å²) in [6.07, 6.45) is 2.65. The maximum absolute atomic E-state index is 12.8. The average molecular weight is 491 g/mol. The van der Waals surface area contributed by atoms with E-state index in [0.29, 0.717) is 35.7 Å². The Morgan fingerprint density at radius 2 is 1.67 bits per heavy atom. The Morgan fingerprint density at radius 1 is 1.00 bits per heavy atom. The Hall–Kier alpha value is -2.79. The van der Waals surface area contributed by atoms with Gasteiger partial charge in [-0.1, -0.05) is 12.1 Å². The lowest BCUT2D eigenvalue weighted by molar-refractivity contribution is 0.0925. The molecule has 1 aromatic carbocycles. The van der Waals surface area contributed by atoms with Crippen LogP contribution in [0.3, 0.4) is 0 Å². The topological polar surface area (TPSA) is 126 Å². The first-order chi connectivity index (χ1) is 16.0. The van der Waals surface area contributed by atoms with E-state index in [2.05, 4.69) is 15.0 Å². The van der Waals surface area contributed by atoms with Crippen molar-refractivity contribution < 1.29 is 28.0 Å². The lowest BCUT2D eigenvalue weighted by Gasteiger charge is -2.16. The lowest BCUT2D eigenvalue weighted by atomic mass is 10.1. The second kappa shape index (κ2) is 10.0. The molecule has 4 rings (SSSR count). The van der Waals surface area contributed by atoms with Gasteiger partial charge in [0.25, 0.3) is 11.8 Å². The molecule has 3 heterocycles. The molecule has 2 aromatic heterocycles. The SMILES string of the molecule is CCOP(=O)(CSCCOn1cnc2c(N3C(=O)c4ccccc4C3=O)ncnc21)OCC. The molecule has 0 aliphatic carbocycles. The van der Waals surface area contributed by atoms with Crippen molar-refractivity contribution in [3.63, 3.8) is 0 Å². The van der Waals surface area contributed by atoms with Crippen molar-refractivity contribution in [3.8, 4) is 0 Å². The minimum Gasteiger partial charge on any atom is -0.410 e. The standard InChI is InChI=1S/C20H22N5O6PS/c1-3-30-32(28,31-4-2)13-33-10-9-29-24-12-23-16-17(24)21-11-22-18(16)25-19(26)14-7-5-6-8-15(14)20(25)27/h5-8,11-12H,3-4,9-10,13H2,1-2H3. The van der Waals surface area contributed by atoms with Crippen LogP contribution in [0.5, 0.6) is 0 Å². The largest absolute Gasteiger partial charge is 0.410 e. The number of hydrogen-bond acceptors (Lipinski definition) is 10. The van der Waals surface area contributed by atoms with Gasteiger partial charge in [0.2, 0.25) is 5.65 Å². The number of imidazole rings is 1. The van der Waals surface area contributed by atoms with Crippen LogP contribution < -0.4 is 9.74 Å². The first-order valence-corrected chi connectivity index (χ1v) is 13.1. The molecule has 1 aliphatic rings. The molecule has 0 saturated heterocycles. The maximum atomic E-state index is 12.8. The zero-order valence-electron chi connectivity index (χ0n) is 18.0. The van der Waals surface area contributed by atoms with Gasteiger partial charge in [-0.25, -0.2) is 19.9 Å². The van der Waals surface area contributed by atoms with Gasteiger partial charge in [0.05, 0.1) is 29.8 Å². The monoisotopic (exact) mass is 491 g/mol. The summed E-state index contributed by atoms with van der Waals surface area (Å²) in [6, 6.07) is 6.60. The van der Waals surface area contributed by atoms with Gasteiger partial charge in [0, 0.05) is 5.75 Å². The fourth-order valence-corrected chi connectivity index (χ4v) is 6.38. The molecule has 33 heavy (non-hydrogen) atoms. The van der Waals surface area contributed by atoms with Crippen molar-refractivity contribution in [1.82, 2.24) is 19.7 Å². The molecule has 13 heteroatoms. The third-order valence-corrected chi connectivity index (χ3v) is 8.40. The highest BCUT2D eigenvalue weighted by atomic mass is 32.2. The van der Waals surface area contributed by atoms with Gasteiger partial charge in [0.15, 0.2) is 11.3 Å². The van der Waals surface area contributed by atoms with Gasteiger partial charge in [0.1, 0.15) is 19.3 Å². The van der Waals surface area contributed by atoms with Crippen LogP contribution in [-0.2, 0) is 13.6 Å². The summed E-state index contributed by atoms with van der Waals surface area (Å²) in [4.78, 5) is 44.9. The average Bonchev–Trinajstić information content (AvgIpc) is 3.33. The lowest BCUT2D eigenvalue weighted by Crippen LogP contribution is -2.30. The summed E-state index contributed by atoms with van der Waals surface area (Å²) in [6.45, 7) is 4.42. The summed E-state index contributed by atoms with van der Waals surface area (Å²) in [5, 5.41) is 0. The van der Waals surface area contributed by atoms with Crippen LogP contribution in [0, 0.1) is 0 Å². The van der Waals surface area contributed by atoms with Gasteiger partial charge in [-0.2, -0.15) is 4.73 Å². The maximum Gasteiger partial charge on any atom is 0.340 e. The minimum absolute atomic E-state index is 0.0947. The van der Waals surface area contributed by atoms with Crippen LogP contribution in [0.15, 0.2) is 36.9 Å². The number of carbonyl (C=O) groups excluding carboxylic acids is 2. The second-order valence-corrected chi connectivity index (χ2v) is 10.3. The predicted molar refractivity (Wildman–Crippen MR) is 123 cm³/mol. The Labute approximate surface area is 193 Å². The van der Waals surface area contributed by atoms with E-state index in [-0.39, 0.29) is 23.4 Å². The summed E-state index contributed by atoms with van der Waals surface area (Å²) in [5.41, 5.74) is 1.43. The number of aromatic nitrogens is 4. The zero-order valence-corrected chi connectivity index (χ0v) is 19.8. The molecular formula is C20H22N5O6PS. The van der Waals surface area contributed by atoms with Gasteiger partial charge >= 0.3 is 7.60 Å². The van der Waals surface area contributed by atoms with E-state index in [9.17, 15) is 14.2 Å². The minimum atomic E-state index is -3.12. The first-order valence-electron chi connectivity index (χ1n) is 10.2. The number of thioether (sulfide) groups is 1. The summed E-state index contributed by atoms with van der Waals surface area (Å²) in [7, 11) is -3.12. The molecule has 1 aliphatic heterocycles. The molecule has 0 unspecified atom stereocenters. The van der Waals surface area contributed by atoms with Crippen LogP contribution in [0.1, 0.15) is 34.6 Å². The van der Waals surface area contributed by atoms with E-state index in [4.69, 9.17) is 13.9 Å². The summed E-state index contributed by atoms with van der Waals surface area (Å²) < 4.78 is 24.4. The van der Waals surface area contributed by atoms with Crippen LogP contribution in [-0.4, -0.2) is 62.6 Å². The number of fused-ring (bicyclic) bond motifs is 2. The summed E-state index contributed by atoms with van der Waals surface area (Å²) >= 11 is 1.38. The van der Waals surface area contributed by atoms with E-state index in [1.807, 2.05) is 0 Å². The third-order valence-electron chi connectivity index (χ3n) is 4.65. The van der Waals surface area contributed by atoms with E-state index >= 15 is 0 Å². The fraction of sp³-hybridized carbons (Fsp3) is 0.350. The third kappa shape index (κ3) is 4.65. The summed E-state index contributed by atoms with van der Waals surface area (Å²) in [5.74, 6) is -0.316. The molecule has 11 nitrogen and oxygen atoms in total. The number of benzene rings is 1. The normalized spacial score (nSPS) is 13.7. The fourth-order valence-electron chi connectivity index (χ4n) is 3.32. The first kappa shape index (κ1) is 23.4. The number of carbonyl (C=O) groups is 2. The van der Waals surface area contributed by atoms with Crippen molar-refractivity contribution in [2.24, 2.45) is 0 Å². The van der Waals surface area contributed by atoms with Crippen molar-refractivity contribution in [1.29, 1.82) is 0 Å². The van der Waals surface area contributed by atoms with Crippen molar-refractivity contribution in [2.75, 3.05) is 36.0 Å². The molecule has 0 fully saturated rings. The quantitative estimate of drug-likeness (QED) is 0.224. The van der Waals surface area contributed by atoms with E-state index < -0.39 is 19.4 Å². The van der Waals surface area contributed by atoms with Crippen molar-refractivity contribution in [2.45, 2.75) is 13.8 Å². The van der Waals surface area contributed by atoms with Crippen LogP contribution in [0.25, 0.3) is 11.2 Å². The van der Waals surface area contributed by atoms with Crippen LogP contribution in [0.4, 0.5) is 5.82 Å². The predicted octanol–water partition coefficient (Wildman–Crippen LogP) is 3.01. The molecule has 3 aromatic rings. The van der Waals surface area contributed by atoms with E-state index in [1.165, 1.54) is 29.1 Å². The number of nitrogens with zero attached hydrogens (tertiary/aromatic N) is 5. The molecule has 0 saturated carbocycles. The van der Waals surface area contributed by atoms with Gasteiger partial charge in [-0.05, 0) is 26.0 Å². The van der Waals surface area contributed by atoms with Gasteiger partial charge in [-0.15, -0.1) is 11.8 Å². The van der Waals surface area contributed by atoms with E-state index in [0.717, 1.165) is 4.90 Å². The molecule has 0 bridgehead atoms. The molecule has 0 radical (unpaired) electrons. The van der Waals surface area contributed by atoms with Gasteiger partial charge < -0.3 is 13.9 Å². The highest BCUT2D eigenvalue weighted by Gasteiger charge is 2.38. The zero-order chi connectivity index (χ0) is 23.4. The Balaban J connectivity index is 1.44. The molecule has 0 atom stereocenters. The second-order valence-electron chi connectivity index (χ2n) is 6.75. The number of imide groups is 1. The molecule has 0 spiro atoms. The van der Waals surface area contributed by atoms with Crippen molar-refractivity contribution in [3.05, 3.63) is 48.0 Å². The molecule has 2 amide bonds. The van der Waals surface area contributed by atoms with Crippen LogP contribution in [0.2, 0.25) is 0 Å². The van der Waals surface area contributed by atoms with Crippen molar-refractivity contribution >= 4 is 48.2 Å². The molecule has 174 valence electrons. The van der Waals surface area contributed by atoms with E-state index in [1.54, 1.807) is 38.1 Å². The van der Waals surface area contributed by atoms with Gasteiger partial charge in [-0.3, -0.25) is 14.2 Å². The molecular weight excluding hydrogens is 469 g/mol. The number of amides is 2. The smallest absolute Gasteiger partial charge is 0.340 e. The number of anilines is 1. The molecule has 0 N–H and O–H groups in total. The van der Waals surface area contributed by atoms with Crippen LogP contribution >= 0.6 is 19.4 Å². The highest BCUT2D eigenvalue weighted by Crippen LogP contribution is 2.50. The number of hydrogen-bond donors (Lipinski definition) is 0.